The number of aromatic carboxylic acids is 1. The molecule has 0 radical (unpaired) electrons. The second-order valence-corrected chi connectivity index (χ2v) is 6.95. The third-order valence-corrected chi connectivity index (χ3v) is 5.05. The third-order valence-electron chi connectivity index (χ3n) is 4.81. The lowest BCUT2D eigenvalue weighted by atomic mass is 10.0. The molecule has 0 saturated carbocycles. The molecule has 0 unspecified atom stereocenters. The van der Waals surface area contributed by atoms with Crippen LogP contribution in [0.1, 0.15) is 32.1 Å². The van der Waals surface area contributed by atoms with Gasteiger partial charge in [0.25, 0.3) is 11.7 Å². The summed E-state index contributed by atoms with van der Waals surface area (Å²) in [5.41, 5.74) is 1.74. The monoisotopic (exact) mass is 389 g/mol. The Morgan fingerprint density at radius 1 is 1.11 bits per heavy atom. The molecule has 0 aliphatic carbocycles. The molecule has 1 fully saturated rings. The Labute approximate surface area is 161 Å². The van der Waals surface area contributed by atoms with Gasteiger partial charge >= 0.3 is 5.97 Å². The number of carboxylic acids is 1. The van der Waals surface area contributed by atoms with E-state index in [0.717, 1.165) is 5.69 Å². The maximum Gasteiger partial charge on any atom is 0.352 e. The van der Waals surface area contributed by atoms with Crippen LogP contribution in [0, 0.1) is 13.8 Å². The van der Waals surface area contributed by atoms with Crippen LogP contribution in [0.3, 0.4) is 0 Å². The van der Waals surface area contributed by atoms with Gasteiger partial charge < -0.3 is 19.9 Å². The molecular weight excluding hydrogens is 370 g/mol. The zero-order valence-corrected chi connectivity index (χ0v) is 15.8. The van der Waals surface area contributed by atoms with E-state index in [2.05, 4.69) is 9.88 Å². The van der Waals surface area contributed by atoms with Gasteiger partial charge in [-0.1, -0.05) is 17.7 Å². The first kappa shape index (κ1) is 19.0. The molecule has 1 aliphatic heterocycles. The number of hydrogen-bond donors (Lipinski definition) is 2. The Hall–Kier alpha value is -2.80. The molecule has 2 heterocycles. The molecule has 2 aromatic rings. The van der Waals surface area contributed by atoms with Crippen LogP contribution < -0.4 is 4.90 Å². The molecule has 0 bridgehead atoms. The Morgan fingerprint density at radius 2 is 1.78 bits per heavy atom. The van der Waals surface area contributed by atoms with Crippen LogP contribution in [-0.4, -0.2) is 58.8 Å². The summed E-state index contributed by atoms with van der Waals surface area (Å²) in [5, 5.41) is 9.82. The van der Waals surface area contributed by atoms with Crippen molar-refractivity contribution < 1.29 is 19.5 Å². The molecule has 2 N–H and O–H groups in total. The van der Waals surface area contributed by atoms with Gasteiger partial charge in [-0.2, -0.15) is 0 Å². The van der Waals surface area contributed by atoms with Crippen LogP contribution in [-0.2, 0) is 4.79 Å². The van der Waals surface area contributed by atoms with Crippen molar-refractivity contribution >= 4 is 34.9 Å². The number of benzene rings is 1. The van der Waals surface area contributed by atoms with E-state index in [9.17, 15) is 19.5 Å². The zero-order valence-electron chi connectivity index (χ0n) is 15.1. The second-order valence-electron chi connectivity index (χ2n) is 6.52. The number of rotatable bonds is 4. The van der Waals surface area contributed by atoms with Gasteiger partial charge in [-0.3, -0.25) is 9.59 Å². The number of amides is 1. The van der Waals surface area contributed by atoms with Crippen LogP contribution in [0.15, 0.2) is 24.3 Å². The summed E-state index contributed by atoms with van der Waals surface area (Å²) in [6.45, 7) is 5.12. The average molecular weight is 390 g/mol. The van der Waals surface area contributed by atoms with Crippen LogP contribution in [0.2, 0.25) is 5.02 Å². The van der Waals surface area contributed by atoms with Crippen molar-refractivity contribution in [2.45, 2.75) is 13.8 Å². The lowest BCUT2D eigenvalue weighted by Gasteiger charge is -2.35. The summed E-state index contributed by atoms with van der Waals surface area (Å²) in [5.74, 6) is -2.44. The van der Waals surface area contributed by atoms with E-state index < -0.39 is 17.7 Å². The van der Waals surface area contributed by atoms with E-state index in [1.807, 2.05) is 18.2 Å². The number of carbonyl (C=O) groups is 3. The van der Waals surface area contributed by atoms with E-state index in [-0.39, 0.29) is 16.8 Å². The van der Waals surface area contributed by atoms with Gasteiger partial charge in [-0.05, 0) is 37.6 Å². The number of Topliss-reactive ketones (excluding diaryl/α,β-unsaturated/α-hetero) is 1. The molecular formula is C19H20ClN3O4. The predicted octanol–water partition coefficient (Wildman–Crippen LogP) is 2.51. The molecule has 1 aromatic heterocycles. The van der Waals surface area contributed by atoms with Crippen LogP contribution in [0.5, 0.6) is 0 Å². The second kappa shape index (κ2) is 7.44. The number of hydrogen-bond acceptors (Lipinski definition) is 4. The number of carboxylic acid groups (broad SMARTS) is 1. The SMILES string of the molecule is Cc1[nH]c(C(=O)O)c(C)c1C(=O)C(=O)N1CCN(c2cccc(Cl)c2)CC1. The summed E-state index contributed by atoms with van der Waals surface area (Å²) in [6, 6.07) is 7.49. The number of ketones is 1. The minimum absolute atomic E-state index is 0.0607. The Balaban J connectivity index is 1.71. The minimum Gasteiger partial charge on any atom is -0.477 e. The highest BCUT2D eigenvalue weighted by molar-refractivity contribution is 6.43. The van der Waals surface area contributed by atoms with Crippen molar-refractivity contribution in [1.82, 2.24) is 9.88 Å². The smallest absolute Gasteiger partial charge is 0.352 e. The molecule has 1 saturated heterocycles. The predicted molar refractivity (Wildman–Crippen MR) is 102 cm³/mol. The van der Waals surface area contributed by atoms with Crippen molar-refractivity contribution in [2.75, 3.05) is 31.1 Å². The summed E-state index contributed by atoms with van der Waals surface area (Å²) < 4.78 is 0. The van der Waals surface area contributed by atoms with Crippen LogP contribution in [0.4, 0.5) is 5.69 Å². The number of halogens is 1. The minimum atomic E-state index is -1.16. The molecule has 3 rings (SSSR count). The number of aryl methyl sites for hydroxylation is 1. The number of nitrogens with zero attached hydrogens (tertiary/aromatic N) is 2. The zero-order chi connectivity index (χ0) is 19.7. The fourth-order valence-electron chi connectivity index (χ4n) is 3.40. The van der Waals surface area contributed by atoms with Gasteiger partial charge in [0, 0.05) is 42.6 Å². The topological polar surface area (TPSA) is 93.7 Å². The van der Waals surface area contributed by atoms with Gasteiger partial charge in [0.2, 0.25) is 0 Å². The lowest BCUT2D eigenvalue weighted by molar-refractivity contribution is -0.126. The summed E-state index contributed by atoms with van der Waals surface area (Å²) in [4.78, 5) is 42.9. The van der Waals surface area contributed by atoms with Gasteiger partial charge in [-0.15, -0.1) is 0 Å². The lowest BCUT2D eigenvalue weighted by Crippen LogP contribution is -2.50. The fourth-order valence-corrected chi connectivity index (χ4v) is 3.58. The van der Waals surface area contributed by atoms with Gasteiger partial charge in [0.15, 0.2) is 0 Å². The number of aromatic amines is 1. The van der Waals surface area contributed by atoms with Crippen molar-refractivity contribution in [3.05, 3.63) is 51.8 Å². The molecule has 1 amide bonds. The van der Waals surface area contributed by atoms with Crippen molar-refractivity contribution in [3.63, 3.8) is 0 Å². The first-order valence-corrected chi connectivity index (χ1v) is 8.94. The molecule has 1 aromatic carbocycles. The highest BCUT2D eigenvalue weighted by atomic mass is 35.5. The summed E-state index contributed by atoms with van der Waals surface area (Å²) >= 11 is 6.03. The third kappa shape index (κ3) is 3.68. The maximum absolute atomic E-state index is 12.7. The molecule has 142 valence electrons. The van der Waals surface area contributed by atoms with Crippen molar-refractivity contribution in [2.24, 2.45) is 0 Å². The number of H-pyrrole nitrogens is 1. The number of nitrogens with one attached hydrogen (secondary N) is 1. The molecule has 0 spiro atoms. The normalized spacial score (nSPS) is 14.3. The molecule has 1 aliphatic rings. The number of carbonyl (C=O) groups excluding carboxylic acids is 2. The van der Waals surface area contributed by atoms with Crippen LogP contribution >= 0.6 is 11.6 Å². The Bertz CT molecular complexity index is 914. The molecule has 8 heteroatoms. The largest absolute Gasteiger partial charge is 0.477 e. The highest BCUT2D eigenvalue weighted by Gasteiger charge is 2.31. The Morgan fingerprint density at radius 3 is 2.33 bits per heavy atom. The quantitative estimate of drug-likeness (QED) is 0.619. The van der Waals surface area contributed by atoms with E-state index in [1.54, 1.807) is 13.0 Å². The highest BCUT2D eigenvalue weighted by Crippen LogP contribution is 2.22. The van der Waals surface area contributed by atoms with Crippen LogP contribution in [0.25, 0.3) is 0 Å². The van der Waals surface area contributed by atoms with E-state index in [0.29, 0.717) is 36.9 Å². The van der Waals surface area contributed by atoms with Crippen molar-refractivity contribution in [1.29, 1.82) is 0 Å². The van der Waals surface area contributed by atoms with E-state index in [4.69, 9.17) is 11.6 Å². The van der Waals surface area contributed by atoms with Gasteiger partial charge in [0.05, 0.1) is 5.56 Å². The number of piperazine rings is 1. The molecule has 0 atom stereocenters. The standard InChI is InChI=1S/C19H20ClN3O4/c1-11-15(12(2)21-16(11)19(26)27)17(24)18(25)23-8-6-22(7-9-23)14-5-3-4-13(20)10-14/h3-5,10,21H,6-9H2,1-2H3,(H,26,27). The Kier molecular flexibility index (Phi) is 5.23. The van der Waals surface area contributed by atoms with Gasteiger partial charge in [-0.25, -0.2) is 4.79 Å². The van der Waals surface area contributed by atoms with Gasteiger partial charge in [0.1, 0.15) is 5.69 Å². The molecule has 27 heavy (non-hydrogen) atoms. The average Bonchev–Trinajstić information content (AvgIpc) is 2.95. The first-order chi connectivity index (χ1) is 12.8. The van der Waals surface area contributed by atoms with E-state index in [1.165, 1.54) is 11.8 Å². The van der Waals surface area contributed by atoms with Crippen molar-refractivity contribution in [3.8, 4) is 0 Å². The molecule has 7 nitrogen and oxygen atoms in total. The fraction of sp³-hybridized carbons (Fsp3) is 0.316. The first-order valence-electron chi connectivity index (χ1n) is 8.56. The maximum atomic E-state index is 12.7. The number of aromatic nitrogens is 1. The summed E-state index contributed by atoms with van der Waals surface area (Å²) in [6.07, 6.45) is 0. The number of anilines is 1. The summed E-state index contributed by atoms with van der Waals surface area (Å²) in [7, 11) is 0. The van der Waals surface area contributed by atoms with E-state index >= 15 is 0 Å².